The number of amides is 1. The first-order valence-electron chi connectivity index (χ1n) is 5.91. The van der Waals surface area contributed by atoms with Gasteiger partial charge in [0, 0.05) is 31.0 Å². The van der Waals surface area contributed by atoms with Gasteiger partial charge in [0.2, 0.25) is 0 Å². The minimum Gasteiger partial charge on any atom is -0.337 e. The van der Waals surface area contributed by atoms with E-state index in [0.29, 0.717) is 22.8 Å². The summed E-state index contributed by atoms with van der Waals surface area (Å²) in [7, 11) is 1.70. The number of aromatic nitrogens is 4. The molecule has 0 aliphatic heterocycles. The zero-order valence-electron chi connectivity index (χ0n) is 11.4. The lowest BCUT2D eigenvalue weighted by atomic mass is 10.2. The lowest BCUT2D eigenvalue weighted by Gasteiger charge is -2.18. The maximum Gasteiger partial charge on any atom is 0.346 e. The fourth-order valence-electron chi connectivity index (χ4n) is 1.86. The van der Waals surface area contributed by atoms with Crippen molar-refractivity contribution in [2.45, 2.75) is 18.5 Å². The Morgan fingerprint density at radius 2 is 2.25 bits per heavy atom. The molecule has 0 aromatic carbocycles. The average Bonchev–Trinajstić information content (AvgIpc) is 2.89. The molecule has 0 fully saturated rings. The van der Waals surface area contributed by atoms with E-state index < -0.39 is 5.69 Å². The first-order valence-corrected chi connectivity index (χ1v) is 7.13. The SMILES string of the molecule is CSc1nc(=O)[nH]c(C)c1C(=O)N(C)Cc1cn[nH]c1. The largest absolute Gasteiger partial charge is 0.346 e. The molecule has 0 unspecified atom stereocenters. The normalized spacial score (nSPS) is 10.6. The highest BCUT2D eigenvalue weighted by Crippen LogP contribution is 2.20. The van der Waals surface area contributed by atoms with E-state index >= 15 is 0 Å². The number of carbonyl (C=O) groups excluding carboxylic acids is 1. The van der Waals surface area contributed by atoms with Crippen LogP contribution in [-0.4, -0.2) is 44.3 Å². The Morgan fingerprint density at radius 1 is 1.50 bits per heavy atom. The monoisotopic (exact) mass is 293 g/mol. The molecule has 106 valence electrons. The van der Waals surface area contributed by atoms with Crippen molar-refractivity contribution in [2.75, 3.05) is 13.3 Å². The molecule has 0 aliphatic rings. The summed E-state index contributed by atoms with van der Waals surface area (Å²) >= 11 is 1.28. The van der Waals surface area contributed by atoms with Crippen LogP contribution in [-0.2, 0) is 6.54 Å². The van der Waals surface area contributed by atoms with Gasteiger partial charge in [0.05, 0.1) is 11.8 Å². The Hall–Kier alpha value is -2.09. The molecule has 2 N–H and O–H groups in total. The fourth-order valence-corrected chi connectivity index (χ4v) is 2.48. The smallest absolute Gasteiger partial charge is 0.337 e. The summed E-state index contributed by atoms with van der Waals surface area (Å²) in [4.78, 5) is 31.8. The molecule has 1 amide bonds. The topological polar surface area (TPSA) is 94.7 Å². The van der Waals surface area contributed by atoms with Gasteiger partial charge in [-0.15, -0.1) is 11.8 Å². The van der Waals surface area contributed by atoms with Gasteiger partial charge in [0.25, 0.3) is 5.91 Å². The Bertz CT molecular complexity index is 665. The third-order valence-corrected chi connectivity index (χ3v) is 3.50. The average molecular weight is 293 g/mol. The van der Waals surface area contributed by atoms with Crippen molar-refractivity contribution in [1.82, 2.24) is 25.1 Å². The molecule has 20 heavy (non-hydrogen) atoms. The molecule has 0 radical (unpaired) electrons. The molecule has 2 aromatic rings. The van der Waals surface area contributed by atoms with Gasteiger partial charge in [0.1, 0.15) is 5.03 Å². The third kappa shape index (κ3) is 2.90. The molecule has 2 aromatic heterocycles. The number of H-pyrrole nitrogens is 2. The third-order valence-electron chi connectivity index (χ3n) is 2.81. The molecular formula is C12H15N5O2S. The van der Waals surface area contributed by atoms with Gasteiger partial charge in [-0.25, -0.2) is 4.79 Å². The van der Waals surface area contributed by atoms with E-state index in [0.717, 1.165) is 5.56 Å². The predicted molar refractivity (Wildman–Crippen MR) is 75.8 cm³/mol. The van der Waals surface area contributed by atoms with Crippen molar-refractivity contribution >= 4 is 17.7 Å². The van der Waals surface area contributed by atoms with Gasteiger partial charge in [-0.2, -0.15) is 10.1 Å². The number of hydrogen-bond acceptors (Lipinski definition) is 5. The molecule has 2 heterocycles. The summed E-state index contributed by atoms with van der Waals surface area (Å²) in [5, 5.41) is 6.99. The number of rotatable bonds is 4. The molecule has 0 aliphatic carbocycles. The van der Waals surface area contributed by atoms with E-state index in [-0.39, 0.29) is 5.91 Å². The lowest BCUT2D eigenvalue weighted by molar-refractivity contribution is 0.0779. The van der Waals surface area contributed by atoms with E-state index in [4.69, 9.17) is 0 Å². The summed E-state index contributed by atoms with van der Waals surface area (Å²) in [5.74, 6) is -0.184. The predicted octanol–water partition coefficient (Wildman–Crippen LogP) is 0.796. The second-order valence-electron chi connectivity index (χ2n) is 4.32. The Kier molecular flexibility index (Phi) is 4.23. The molecular weight excluding hydrogens is 278 g/mol. The number of thioether (sulfide) groups is 1. The first-order chi connectivity index (χ1) is 9.52. The molecule has 8 heteroatoms. The summed E-state index contributed by atoms with van der Waals surface area (Å²) in [6, 6.07) is 0. The van der Waals surface area contributed by atoms with E-state index in [1.54, 1.807) is 37.5 Å². The highest BCUT2D eigenvalue weighted by atomic mass is 32.2. The quantitative estimate of drug-likeness (QED) is 0.642. The van der Waals surface area contributed by atoms with Gasteiger partial charge < -0.3 is 9.88 Å². The van der Waals surface area contributed by atoms with Crippen molar-refractivity contribution in [2.24, 2.45) is 0 Å². The van der Waals surface area contributed by atoms with Crippen LogP contribution in [0.5, 0.6) is 0 Å². The van der Waals surface area contributed by atoms with Crippen molar-refractivity contribution in [1.29, 1.82) is 0 Å². The summed E-state index contributed by atoms with van der Waals surface area (Å²) in [6.45, 7) is 2.13. The van der Waals surface area contributed by atoms with Gasteiger partial charge >= 0.3 is 5.69 Å². The van der Waals surface area contributed by atoms with Crippen LogP contribution < -0.4 is 5.69 Å². The maximum absolute atomic E-state index is 12.5. The number of carbonyl (C=O) groups is 1. The van der Waals surface area contributed by atoms with Crippen molar-refractivity contribution < 1.29 is 4.79 Å². The van der Waals surface area contributed by atoms with Gasteiger partial charge in [-0.3, -0.25) is 9.89 Å². The maximum atomic E-state index is 12.5. The molecule has 0 saturated carbocycles. The molecule has 0 atom stereocenters. The zero-order chi connectivity index (χ0) is 14.7. The number of nitrogens with one attached hydrogen (secondary N) is 2. The Labute approximate surface area is 119 Å². The summed E-state index contributed by atoms with van der Waals surface area (Å²) in [5.41, 5.74) is 1.42. The highest BCUT2D eigenvalue weighted by Gasteiger charge is 2.20. The van der Waals surface area contributed by atoms with Crippen LogP contribution in [0.15, 0.2) is 22.2 Å². The fraction of sp³-hybridized carbons (Fsp3) is 0.333. The van der Waals surface area contributed by atoms with E-state index in [2.05, 4.69) is 20.2 Å². The van der Waals surface area contributed by atoms with Crippen molar-refractivity contribution in [3.8, 4) is 0 Å². The van der Waals surface area contributed by atoms with Crippen LogP contribution in [0.1, 0.15) is 21.6 Å². The molecule has 7 nitrogen and oxygen atoms in total. The van der Waals surface area contributed by atoms with Gasteiger partial charge in [-0.05, 0) is 13.2 Å². The van der Waals surface area contributed by atoms with Crippen molar-refractivity contribution in [3.05, 3.63) is 39.7 Å². The van der Waals surface area contributed by atoms with Crippen LogP contribution in [0, 0.1) is 6.92 Å². The Balaban J connectivity index is 2.31. The van der Waals surface area contributed by atoms with Crippen LogP contribution in [0.3, 0.4) is 0 Å². The van der Waals surface area contributed by atoms with E-state index in [1.165, 1.54) is 11.8 Å². The van der Waals surface area contributed by atoms with Crippen molar-refractivity contribution in [3.63, 3.8) is 0 Å². The van der Waals surface area contributed by atoms with E-state index in [1.807, 2.05) is 0 Å². The minimum atomic E-state index is -0.444. The van der Waals surface area contributed by atoms with E-state index in [9.17, 15) is 9.59 Å². The van der Waals surface area contributed by atoms with Crippen LogP contribution in [0.2, 0.25) is 0 Å². The van der Waals surface area contributed by atoms with Crippen LogP contribution >= 0.6 is 11.8 Å². The first kappa shape index (κ1) is 14.3. The number of aryl methyl sites for hydroxylation is 1. The highest BCUT2D eigenvalue weighted by molar-refractivity contribution is 7.98. The van der Waals surface area contributed by atoms with Gasteiger partial charge in [-0.1, -0.05) is 0 Å². The standard InChI is InChI=1S/C12H15N5O2S/c1-7-9(10(20-3)16-12(19)15-7)11(18)17(2)6-8-4-13-14-5-8/h4-5H,6H2,1-3H3,(H,13,14)(H,15,16,19). The van der Waals surface area contributed by atoms with Crippen LogP contribution in [0.4, 0.5) is 0 Å². The molecule has 2 rings (SSSR count). The zero-order valence-corrected chi connectivity index (χ0v) is 12.2. The lowest BCUT2D eigenvalue weighted by Crippen LogP contribution is -2.29. The summed E-state index contributed by atoms with van der Waals surface area (Å²) in [6.07, 6.45) is 5.18. The number of hydrogen-bond donors (Lipinski definition) is 2. The molecule has 0 bridgehead atoms. The minimum absolute atomic E-state index is 0.184. The second kappa shape index (κ2) is 5.91. The number of aromatic amines is 2. The van der Waals surface area contributed by atoms with Gasteiger partial charge in [0.15, 0.2) is 0 Å². The molecule has 0 spiro atoms. The number of nitrogens with zero attached hydrogens (tertiary/aromatic N) is 3. The second-order valence-corrected chi connectivity index (χ2v) is 5.11. The summed E-state index contributed by atoms with van der Waals surface area (Å²) < 4.78 is 0. The molecule has 0 saturated heterocycles. The van der Waals surface area contributed by atoms with Crippen LogP contribution in [0.25, 0.3) is 0 Å². The Morgan fingerprint density at radius 3 is 2.85 bits per heavy atom.